The molecule has 0 fully saturated rings. The second-order valence-corrected chi connectivity index (χ2v) is 4.07. The third-order valence-electron chi connectivity index (χ3n) is 2.56. The minimum absolute atomic E-state index is 0.0425. The van der Waals surface area contributed by atoms with E-state index in [0.717, 1.165) is 12.1 Å². The second kappa shape index (κ2) is 4.96. The number of nitrogens with zero attached hydrogens (tertiary/aromatic N) is 1. The average Bonchev–Trinajstić information content (AvgIpc) is 2.27. The molecule has 0 bridgehead atoms. The lowest BCUT2D eigenvalue weighted by Gasteiger charge is -2.19. The summed E-state index contributed by atoms with van der Waals surface area (Å²) in [6.07, 6.45) is 1.03. The number of anilines is 1. The highest BCUT2D eigenvalue weighted by Crippen LogP contribution is 2.16. The van der Waals surface area contributed by atoms with Crippen LogP contribution in [0.3, 0.4) is 0 Å². The second-order valence-electron chi connectivity index (χ2n) is 4.07. The van der Waals surface area contributed by atoms with Crippen LogP contribution in [0.25, 0.3) is 0 Å². The first kappa shape index (κ1) is 11.8. The molecule has 0 saturated carbocycles. The molecule has 1 aromatic carbocycles. The molecule has 0 N–H and O–H groups in total. The molecule has 0 saturated heterocycles. The van der Waals surface area contributed by atoms with Crippen LogP contribution in [0.5, 0.6) is 0 Å². The Hall–Kier alpha value is -1.31. The van der Waals surface area contributed by atoms with Gasteiger partial charge in [-0.2, -0.15) is 0 Å². The molecule has 0 atom stereocenters. The van der Waals surface area contributed by atoms with Gasteiger partial charge in [-0.05, 0) is 24.1 Å². The van der Waals surface area contributed by atoms with E-state index in [0.29, 0.717) is 0 Å². The quantitative estimate of drug-likeness (QED) is 0.743. The molecule has 82 valence electrons. The Morgan fingerprint density at radius 3 is 2.20 bits per heavy atom. The van der Waals surface area contributed by atoms with Crippen molar-refractivity contribution >= 4 is 11.6 Å². The van der Waals surface area contributed by atoms with E-state index in [9.17, 15) is 4.79 Å². The van der Waals surface area contributed by atoms with Crippen molar-refractivity contribution in [3.8, 4) is 0 Å². The van der Waals surface area contributed by atoms with Crippen LogP contribution in [0.1, 0.15) is 26.3 Å². The summed E-state index contributed by atoms with van der Waals surface area (Å²) < 4.78 is 0. The number of hydrogen-bond donors (Lipinski definition) is 0. The van der Waals surface area contributed by atoms with Crippen LogP contribution in [0.15, 0.2) is 24.3 Å². The fraction of sp³-hybridized carbons (Fsp3) is 0.462. The summed E-state index contributed by atoms with van der Waals surface area (Å²) in [4.78, 5) is 13.4. The van der Waals surface area contributed by atoms with Gasteiger partial charge < -0.3 is 4.90 Å². The number of amides is 1. The minimum atomic E-state index is 0.0425. The van der Waals surface area contributed by atoms with Crippen molar-refractivity contribution in [2.75, 3.05) is 11.9 Å². The van der Waals surface area contributed by atoms with Crippen LogP contribution in [-0.4, -0.2) is 13.0 Å². The average molecular weight is 205 g/mol. The van der Waals surface area contributed by atoms with Gasteiger partial charge in [0.2, 0.25) is 5.91 Å². The third kappa shape index (κ3) is 2.82. The van der Waals surface area contributed by atoms with Crippen molar-refractivity contribution in [1.82, 2.24) is 0 Å². The van der Waals surface area contributed by atoms with Gasteiger partial charge in [-0.3, -0.25) is 4.79 Å². The number of hydrogen-bond acceptors (Lipinski definition) is 1. The fourth-order valence-corrected chi connectivity index (χ4v) is 1.47. The van der Waals surface area contributed by atoms with Crippen molar-refractivity contribution in [3.05, 3.63) is 29.8 Å². The first-order valence-corrected chi connectivity index (χ1v) is 5.42. The highest BCUT2D eigenvalue weighted by atomic mass is 16.2. The standard InChI is InChI=1S/C13H19NO/c1-5-11-6-8-12(9-7-11)14(4)13(15)10(2)3/h6-10H,5H2,1-4H3. The summed E-state index contributed by atoms with van der Waals surface area (Å²) in [7, 11) is 1.82. The van der Waals surface area contributed by atoms with Crippen LogP contribution in [0.2, 0.25) is 0 Å². The Morgan fingerprint density at radius 2 is 1.80 bits per heavy atom. The van der Waals surface area contributed by atoms with E-state index >= 15 is 0 Å². The van der Waals surface area contributed by atoms with Crippen molar-refractivity contribution < 1.29 is 4.79 Å². The van der Waals surface area contributed by atoms with Gasteiger partial charge in [0, 0.05) is 18.7 Å². The predicted molar refractivity (Wildman–Crippen MR) is 64.1 cm³/mol. The van der Waals surface area contributed by atoms with E-state index in [4.69, 9.17) is 0 Å². The molecule has 1 aromatic rings. The Labute approximate surface area is 91.9 Å². The lowest BCUT2D eigenvalue weighted by molar-refractivity contribution is -0.121. The molecular formula is C13H19NO. The van der Waals surface area contributed by atoms with Gasteiger partial charge in [-0.25, -0.2) is 0 Å². The van der Waals surface area contributed by atoms with Gasteiger partial charge in [0.15, 0.2) is 0 Å². The van der Waals surface area contributed by atoms with E-state index in [2.05, 4.69) is 19.1 Å². The summed E-state index contributed by atoms with van der Waals surface area (Å²) in [6, 6.07) is 8.14. The number of rotatable bonds is 3. The van der Waals surface area contributed by atoms with Gasteiger partial charge in [0.1, 0.15) is 0 Å². The van der Waals surface area contributed by atoms with Crippen LogP contribution >= 0.6 is 0 Å². The van der Waals surface area contributed by atoms with Crippen LogP contribution in [0, 0.1) is 5.92 Å². The zero-order valence-corrected chi connectivity index (χ0v) is 9.95. The molecule has 2 heteroatoms. The zero-order chi connectivity index (χ0) is 11.4. The number of aryl methyl sites for hydroxylation is 1. The van der Waals surface area contributed by atoms with E-state index in [1.807, 2.05) is 33.0 Å². The minimum Gasteiger partial charge on any atom is -0.315 e. The topological polar surface area (TPSA) is 20.3 Å². The van der Waals surface area contributed by atoms with Gasteiger partial charge in [-0.1, -0.05) is 32.9 Å². The fourth-order valence-electron chi connectivity index (χ4n) is 1.47. The molecule has 0 aliphatic rings. The van der Waals surface area contributed by atoms with Crippen LogP contribution in [-0.2, 0) is 11.2 Å². The first-order chi connectivity index (χ1) is 7.06. The Morgan fingerprint density at radius 1 is 1.27 bits per heavy atom. The molecule has 15 heavy (non-hydrogen) atoms. The highest BCUT2D eigenvalue weighted by molar-refractivity contribution is 5.94. The summed E-state index contributed by atoms with van der Waals surface area (Å²) >= 11 is 0. The molecular weight excluding hydrogens is 186 g/mol. The van der Waals surface area contributed by atoms with Crippen molar-refractivity contribution in [1.29, 1.82) is 0 Å². The van der Waals surface area contributed by atoms with Gasteiger partial charge in [-0.15, -0.1) is 0 Å². The maximum absolute atomic E-state index is 11.7. The Bertz CT molecular complexity index is 327. The normalized spacial score (nSPS) is 10.5. The zero-order valence-electron chi connectivity index (χ0n) is 9.95. The van der Waals surface area contributed by atoms with E-state index < -0.39 is 0 Å². The smallest absolute Gasteiger partial charge is 0.229 e. The van der Waals surface area contributed by atoms with Crippen molar-refractivity contribution in [2.24, 2.45) is 5.92 Å². The molecule has 0 radical (unpaired) electrons. The third-order valence-corrected chi connectivity index (χ3v) is 2.56. The van der Waals surface area contributed by atoms with Gasteiger partial charge in [0.05, 0.1) is 0 Å². The summed E-state index contributed by atoms with van der Waals surface area (Å²) in [6.45, 7) is 5.95. The monoisotopic (exact) mass is 205 g/mol. The van der Waals surface area contributed by atoms with Crippen molar-refractivity contribution in [3.63, 3.8) is 0 Å². The molecule has 0 spiro atoms. The largest absolute Gasteiger partial charge is 0.315 e. The number of carbonyl (C=O) groups is 1. The molecule has 1 rings (SSSR count). The molecule has 2 nitrogen and oxygen atoms in total. The van der Waals surface area contributed by atoms with E-state index in [1.165, 1.54) is 5.56 Å². The van der Waals surface area contributed by atoms with E-state index in [-0.39, 0.29) is 11.8 Å². The first-order valence-electron chi connectivity index (χ1n) is 5.42. The maximum Gasteiger partial charge on any atom is 0.229 e. The van der Waals surface area contributed by atoms with Crippen LogP contribution in [0.4, 0.5) is 5.69 Å². The van der Waals surface area contributed by atoms with Gasteiger partial charge >= 0.3 is 0 Å². The predicted octanol–water partition coefficient (Wildman–Crippen LogP) is 2.87. The maximum atomic E-state index is 11.7. The summed E-state index contributed by atoms with van der Waals surface area (Å²) in [5.74, 6) is 0.195. The Balaban J connectivity index is 2.82. The lowest BCUT2D eigenvalue weighted by atomic mass is 10.1. The highest BCUT2D eigenvalue weighted by Gasteiger charge is 2.13. The summed E-state index contributed by atoms with van der Waals surface area (Å²) in [5.41, 5.74) is 2.26. The molecule has 0 aromatic heterocycles. The molecule has 1 amide bonds. The molecule has 0 unspecified atom stereocenters. The van der Waals surface area contributed by atoms with Crippen LogP contribution < -0.4 is 4.90 Å². The molecule has 0 aliphatic heterocycles. The van der Waals surface area contributed by atoms with E-state index in [1.54, 1.807) is 4.90 Å². The van der Waals surface area contributed by atoms with Crippen molar-refractivity contribution in [2.45, 2.75) is 27.2 Å². The molecule has 0 aliphatic carbocycles. The number of carbonyl (C=O) groups excluding carboxylic acids is 1. The Kier molecular flexibility index (Phi) is 3.89. The van der Waals surface area contributed by atoms with Gasteiger partial charge in [0.25, 0.3) is 0 Å². The SMILES string of the molecule is CCc1ccc(N(C)C(=O)C(C)C)cc1. The number of benzene rings is 1. The lowest BCUT2D eigenvalue weighted by Crippen LogP contribution is -2.30. The summed E-state index contributed by atoms with van der Waals surface area (Å²) in [5, 5.41) is 0. The molecule has 0 heterocycles.